The van der Waals surface area contributed by atoms with Gasteiger partial charge in [-0.3, -0.25) is 14.4 Å². The summed E-state index contributed by atoms with van der Waals surface area (Å²) in [5, 5.41) is 25.4. The molecule has 7 rings (SSSR count). The quantitative estimate of drug-likeness (QED) is 0.0950. The number of carboxylic acids is 2. The minimum atomic E-state index is -0.933. The van der Waals surface area contributed by atoms with E-state index in [2.05, 4.69) is 30.5 Å². The molecule has 294 valence electrons. The Morgan fingerprint density at radius 1 is 0.786 bits per heavy atom. The number of hydrogen-bond donors (Lipinski definition) is 4. The van der Waals surface area contributed by atoms with Gasteiger partial charge in [-0.15, -0.1) is 11.3 Å². The Labute approximate surface area is 334 Å². The minimum Gasteiger partial charge on any atom is -0.481 e. The van der Waals surface area contributed by atoms with Gasteiger partial charge in [-0.1, -0.05) is 50.2 Å². The van der Waals surface area contributed by atoms with Gasteiger partial charge in [0.1, 0.15) is 5.00 Å². The molecular weight excluding hydrogens is 721 g/mol. The molecule has 4 N–H and O–H groups in total. The molecule has 0 aliphatic heterocycles. The molecule has 1 spiro atoms. The predicted molar refractivity (Wildman–Crippen MR) is 222 cm³/mol. The van der Waals surface area contributed by atoms with Crippen molar-refractivity contribution in [3.05, 3.63) is 117 Å². The van der Waals surface area contributed by atoms with E-state index >= 15 is 0 Å². The summed E-state index contributed by atoms with van der Waals surface area (Å²) in [5.41, 5.74) is 6.85. The molecule has 4 aromatic rings. The predicted octanol–water partition coefficient (Wildman–Crippen LogP) is 10.5. The van der Waals surface area contributed by atoms with E-state index in [4.69, 9.17) is 5.11 Å². The van der Waals surface area contributed by atoms with Gasteiger partial charge < -0.3 is 20.8 Å². The number of rotatable bonds is 15. The van der Waals surface area contributed by atoms with E-state index in [9.17, 15) is 24.3 Å². The summed E-state index contributed by atoms with van der Waals surface area (Å²) in [7, 11) is 0. The Morgan fingerprint density at radius 2 is 1.46 bits per heavy atom. The maximum Gasteiger partial charge on any atom is 0.335 e. The van der Waals surface area contributed by atoms with Gasteiger partial charge in [-0.05, 0) is 172 Å². The maximum absolute atomic E-state index is 13.9. The average Bonchev–Trinajstić information content (AvgIpc) is 3.71. The van der Waals surface area contributed by atoms with Crippen LogP contribution in [0.5, 0.6) is 0 Å². The molecule has 3 aromatic carbocycles. The van der Waals surface area contributed by atoms with Crippen molar-refractivity contribution in [2.75, 3.05) is 10.6 Å². The van der Waals surface area contributed by atoms with Crippen molar-refractivity contribution in [3.8, 4) is 0 Å². The molecular formula is C47H54N2O6S. The Morgan fingerprint density at radius 3 is 2.12 bits per heavy atom. The van der Waals surface area contributed by atoms with Gasteiger partial charge in [0.2, 0.25) is 0 Å². The smallest absolute Gasteiger partial charge is 0.335 e. The summed E-state index contributed by atoms with van der Waals surface area (Å²) in [5.74, 6) is -0.324. The monoisotopic (exact) mass is 774 g/mol. The molecule has 0 bridgehead atoms. The van der Waals surface area contributed by atoms with E-state index in [1.54, 1.807) is 12.1 Å². The number of hydrogen-bond acceptors (Lipinski definition) is 5. The van der Waals surface area contributed by atoms with Crippen molar-refractivity contribution in [2.24, 2.45) is 29.1 Å². The first kappa shape index (κ1) is 39.5. The zero-order valence-corrected chi connectivity index (χ0v) is 33.4. The van der Waals surface area contributed by atoms with Crippen LogP contribution in [0.15, 0.2) is 72.8 Å². The highest BCUT2D eigenvalue weighted by molar-refractivity contribution is 7.17. The summed E-state index contributed by atoms with van der Waals surface area (Å²) >= 11 is 1.52. The van der Waals surface area contributed by atoms with E-state index in [1.165, 1.54) is 29.1 Å². The van der Waals surface area contributed by atoms with Crippen LogP contribution in [0.4, 0.5) is 10.7 Å². The van der Waals surface area contributed by atoms with E-state index < -0.39 is 11.9 Å². The summed E-state index contributed by atoms with van der Waals surface area (Å²) < 4.78 is 0. The van der Waals surface area contributed by atoms with Crippen molar-refractivity contribution in [2.45, 2.75) is 104 Å². The SMILES string of the molecule is CC(C)C(CCc1cccc(C(=O)Nc2sc3c(c2C(=O)Nc2ccc(CCc4ccc(C(=O)O)cc4)cc2)CCCC3)c1)C[C@H]1CC12CCC(C(=O)O)CC2. The van der Waals surface area contributed by atoms with Gasteiger partial charge in [0.05, 0.1) is 17.0 Å². The highest BCUT2D eigenvalue weighted by Gasteiger charge is 2.55. The number of carboxylic acid groups (broad SMARTS) is 2. The first-order chi connectivity index (χ1) is 27.0. The molecule has 2 atom stereocenters. The second kappa shape index (κ2) is 17.2. The maximum atomic E-state index is 13.9. The van der Waals surface area contributed by atoms with Crippen LogP contribution in [0.2, 0.25) is 0 Å². The fourth-order valence-electron chi connectivity index (χ4n) is 9.25. The number of thiophene rings is 1. The minimum absolute atomic E-state index is 0.164. The summed E-state index contributed by atoms with van der Waals surface area (Å²) in [6.45, 7) is 4.62. The van der Waals surface area contributed by atoms with E-state index in [1.807, 2.05) is 54.6 Å². The lowest BCUT2D eigenvalue weighted by Crippen LogP contribution is -2.23. The topological polar surface area (TPSA) is 133 Å². The van der Waals surface area contributed by atoms with Crippen LogP contribution < -0.4 is 10.6 Å². The molecule has 2 saturated carbocycles. The molecule has 0 saturated heterocycles. The summed E-state index contributed by atoms with van der Waals surface area (Å²) in [6.07, 6.45) is 13.5. The van der Waals surface area contributed by atoms with Gasteiger partial charge in [-0.2, -0.15) is 0 Å². The first-order valence-electron chi connectivity index (χ1n) is 20.5. The fourth-order valence-corrected chi connectivity index (χ4v) is 10.5. The Hall–Kier alpha value is -4.76. The number of benzene rings is 3. The largest absolute Gasteiger partial charge is 0.481 e. The van der Waals surface area contributed by atoms with Crippen LogP contribution >= 0.6 is 11.3 Å². The molecule has 2 amide bonds. The third-order valence-corrected chi connectivity index (χ3v) is 14.2. The van der Waals surface area contributed by atoms with Crippen molar-refractivity contribution < 1.29 is 29.4 Å². The van der Waals surface area contributed by atoms with Crippen LogP contribution in [-0.2, 0) is 36.9 Å². The normalized spacial score (nSPS) is 20.6. The van der Waals surface area contributed by atoms with Gasteiger partial charge in [-0.25, -0.2) is 4.79 Å². The number of amides is 2. The van der Waals surface area contributed by atoms with Crippen molar-refractivity contribution in [1.82, 2.24) is 0 Å². The summed E-state index contributed by atoms with van der Waals surface area (Å²) in [6, 6.07) is 22.7. The molecule has 0 radical (unpaired) electrons. The molecule has 9 heteroatoms. The fraction of sp³-hybridized carbons (Fsp3) is 0.447. The molecule has 8 nitrogen and oxygen atoms in total. The number of carbonyl (C=O) groups is 4. The standard InChI is InChI=1S/C47H54N2O6S/c1-29(2)35(27-37-28-47(37)24-22-34(23-25-47)46(54)55)19-14-32-6-5-7-36(26-32)42(50)49-44-41(39-8-3-4-9-40(39)56-44)43(51)48-38-20-15-31(16-21-38)11-10-30-12-17-33(18-13-30)45(52)53/h5-7,12-13,15-18,20-21,26,29,34-35,37H,3-4,8-11,14,19,22-25,27-28H2,1-2H3,(H,48,51)(H,49,50)(H,52,53)(H,54,55)/t34?,35?,37-,47?/m0/s1. The Balaban J connectivity index is 0.962. The van der Waals surface area contributed by atoms with Crippen LogP contribution in [0.1, 0.15) is 130 Å². The molecule has 1 unspecified atom stereocenters. The van der Waals surface area contributed by atoms with Crippen LogP contribution in [0.3, 0.4) is 0 Å². The van der Waals surface area contributed by atoms with Gasteiger partial charge in [0.15, 0.2) is 0 Å². The molecule has 56 heavy (non-hydrogen) atoms. The van der Waals surface area contributed by atoms with Gasteiger partial charge in [0, 0.05) is 16.1 Å². The lowest BCUT2D eigenvalue weighted by Gasteiger charge is -2.29. The summed E-state index contributed by atoms with van der Waals surface area (Å²) in [4.78, 5) is 51.5. The van der Waals surface area contributed by atoms with Crippen LogP contribution in [0.25, 0.3) is 0 Å². The first-order valence-corrected chi connectivity index (χ1v) is 21.3. The third kappa shape index (κ3) is 9.26. The third-order valence-electron chi connectivity index (χ3n) is 13.0. The lowest BCUT2D eigenvalue weighted by atomic mass is 9.76. The number of aryl methyl sites for hydroxylation is 4. The zero-order chi connectivity index (χ0) is 39.4. The van der Waals surface area contributed by atoms with Crippen molar-refractivity contribution in [3.63, 3.8) is 0 Å². The Kier molecular flexibility index (Phi) is 12.1. The van der Waals surface area contributed by atoms with Crippen molar-refractivity contribution >= 4 is 45.8 Å². The lowest BCUT2D eigenvalue weighted by molar-refractivity contribution is -0.143. The zero-order valence-electron chi connectivity index (χ0n) is 32.6. The molecule has 1 aromatic heterocycles. The molecule has 3 aliphatic carbocycles. The molecule has 1 heterocycles. The van der Waals surface area contributed by atoms with Crippen LogP contribution in [0, 0.1) is 29.1 Å². The number of nitrogens with one attached hydrogen (secondary N) is 2. The van der Waals surface area contributed by atoms with E-state index in [-0.39, 0.29) is 23.3 Å². The molecule has 2 fully saturated rings. The van der Waals surface area contributed by atoms with Crippen molar-refractivity contribution in [1.29, 1.82) is 0 Å². The second-order valence-electron chi connectivity index (χ2n) is 16.9. The van der Waals surface area contributed by atoms with E-state index in [0.29, 0.717) is 45.0 Å². The second-order valence-corrected chi connectivity index (χ2v) is 18.0. The van der Waals surface area contributed by atoms with Crippen LogP contribution in [-0.4, -0.2) is 34.0 Å². The number of aromatic carboxylic acids is 1. The van der Waals surface area contributed by atoms with E-state index in [0.717, 1.165) is 99.3 Å². The highest BCUT2D eigenvalue weighted by atomic mass is 32.1. The number of fused-ring (bicyclic) bond motifs is 1. The van der Waals surface area contributed by atoms with Gasteiger partial charge in [0.25, 0.3) is 11.8 Å². The number of aliphatic carboxylic acids is 1. The van der Waals surface area contributed by atoms with Gasteiger partial charge >= 0.3 is 11.9 Å². The Bertz CT molecular complexity index is 2060. The average molecular weight is 775 g/mol. The molecule has 3 aliphatic rings. The number of carbonyl (C=O) groups excluding carboxylic acids is 2. The highest BCUT2D eigenvalue weighted by Crippen LogP contribution is 2.64. The number of anilines is 2.